The fourth-order valence-corrected chi connectivity index (χ4v) is 8.87. The number of aromatic nitrogens is 4. The lowest BCUT2D eigenvalue weighted by atomic mass is 9.70. The summed E-state index contributed by atoms with van der Waals surface area (Å²) in [5.41, 5.74) is 0.888. The number of amides is 3. The molecule has 1 aliphatic heterocycles. The van der Waals surface area contributed by atoms with Gasteiger partial charge in [0.1, 0.15) is 6.04 Å². The molecule has 2 aliphatic carbocycles. The highest BCUT2D eigenvalue weighted by molar-refractivity contribution is 7.15. The van der Waals surface area contributed by atoms with Crippen molar-refractivity contribution in [3.05, 3.63) is 48.6 Å². The number of carbonyl (C=O) groups excluding carboxylic acids is 3. The molecule has 0 aromatic carbocycles. The van der Waals surface area contributed by atoms with Crippen molar-refractivity contribution in [2.75, 3.05) is 20.6 Å². The number of nitrogens with zero attached hydrogens (tertiary/aromatic N) is 5. The van der Waals surface area contributed by atoms with Crippen LogP contribution in [-0.2, 0) is 23.1 Å². The van der Waals surface area contributed by atoms with Crippen LogP contribution in [0.1, 0.15) is 72.2 Å². The summed E-state index contributed by atoms with van der Waals surface area (Å²) in [6, 6.07) is 5.72. The number of likely N-dealkylation sites (tertiary alicyclic amines) is 1. The number of aromatic amines is 1. The van der Waals surface area contributed by atoms with Crippen LogP contribution in [0.2, 0.25) is 0 Å². The minimum atomic E-state index is -0.931. The van der Waals surface area contributed by atoms with Crippen molar-refractivity contribution in [1.29, 1.82) is 5.26 Å². The number of hydrogen-bond acceptors (Lipinski definition) is 10. The van der Waals surface area contributed by atoms with Crippen molar-refractivity contribution in [1.82, 2.24) is 41.5 Å². The molecule has 3 amide bonds. The van der Waals surface area contributed by atoms with Crippen LogP contribution in [0, 0.1) is 17.2 Å². The lowest BCUT2D eigenvalue weighted by molar-refractivity contribution is -0.131. The summed E-state index contributed by atoms with van der Waals surface area (Å²) in [6.07, 6.45) is 3.58. The fraction of sp³-hybridized carbons (Fsp3) is 0.519. The maximum Gasteiger partial charge on any atom is 0.261 e. The van der Waals surface area contributed by atoms with Crippen molar-refractivity contribution < 1.29 is 14.4 Å². The number of fused-ring (bicyclic) bond motifs is 3. The van der Waals surface area contributed by atoms with Gasteiger partial charge in [-0.25, -0.2) is 0 Å². The zero-order valence-electron chi connectivity index (χ0n) is 23.0. The molecule has 41 heavy (non-hydrogen) atoms. The highest BCUT2D eigenvalue weighted by atomic mass is 32.1. The predicted octanol–water partition coefficient (Wildman–Crippen LogP) is 1.36. The second kappa shape index (κ2) is 10.6. The van der Waals surface area contributed by atoms with E-state index >= 15 is 0 Å². The number of aryl methyl sites for hydroxylation is 2. The molecule has 1 saturated heterocycles. The summed E-state index contributed by atoms with van der Waals surface area (Å²) < 4.78 is 0. The number of thiophene rings is 2. The van der Waals surface area contributed by atoms with Gasteiger partial charge in [0, 0.05) is 35.9 Å². The second-order valence-electron chi connectivity index (χ2n) is 10.9. The van der Waals surface area contributed by atoms with Gasteiger partial charge in [-0.2, -0.15) is 10.5 Å². The van der Waals surface area contributed by atoms with Crippen LogP contribution in [0.4, 0.5) is 0 Å². The van der Waals surface area contributed by atoms with Crippen molar-refractivity contribution in [2.45, 2.75) is 62.6 Å². The van der Waals surface area contributed by atoms with Gasteiger partial charge in [0.25, 0.3) is 11.8 Å². The molecule has 4 N–H and O–H groups in total. The Morgan fingerprint density at radius 2 is 1.76 bits per heavy atom. The molecule has 1 saturated carbocycles. The number of piperidine rings is 1. The molecule has 6 rings (SSSR count). The molecule has 12 nitrogen and oxygen atoms in total. The average Bonchev–Trinajstić information content (AvgIpc) is 3.48. The molecule has 3 aromatic heterocycles. The van der Waals surface area contributed by atoms with E-state index in [4.69, 9.17) is 0 Å². The number of tetrazole rings is 1. The van der Waals surface area contributed by atoms with E-state index in [1.54, 1.807) is 19.0 Å². The molecule has 0 unspecified atom stereocenters. The van der Waals surface area contributed by atoms with Crippen LogP contribution in [-0.4, -0.2) is 82.0 Å². The fourth-order valence-electron chi connectivity index (χ4n) is 6.50. The maximum absolute atomic E-state index is 13.2. The van der Waals surface area contributed by atoms with Gasteiger partial charge in [0.05, 0.1) is 27.8 Å². The van der Waals surface area contributed by atoms with Gasteiger partial charge in [-0.15, -0.1) is 32.9 Å². The Kier molecular flexibility index (Phi) is 7.13. The average molecular weight is 594 g/mol. The summed E-state index contributed by atoms with van der Waals surface area (Å²) >= 11 is 2.91. The monoisotopic (exact) mass is 593 g/mol. The Balaban J connectivity index is 1.39. The number of carbonyl (C=O) groups is 3. The second-order valence-corrected chi connectivity index (χ2v) is 13.2. The molecule has 4 heterocycles. The highest BCUT2D eigenvalue weighted by Gasteiger charge is 2.54. The smallest absolute Gasteiger partial charge is 0.261 e. The molecule has 0 radical (unpaired) electrons. The quantitative estimate of drug-likeness (QED) is 0.304. The molecule has 214 valence electrons. The third-order valence-electron chi connectivity index (χ3n) is 8.50. The summed E-state index contributed by atoms with van der Waals surface area (Å²) in [4.78, 5) is 43.7. The minimum Gasteiger partial charge on any atom is -0.354 e. The van der Waals surface area contributed by atoms with Gasteiger partial charge in [-0.1, -0.05) is 5.21 Å². The van der Waals surface area contributed by atoms with Crippen LogP contribution < -0.4 is 16.0 Å². The number of nitrogens with one attached hydrogen (secondary N) is 4. The first-order chi connectivity index (χ1) is 19.8. The summed E-state index contributed by atoms with van der Waals surface area (Å²) in [5.74, 6) is 0.476. The lowest BCUT2D eigenvalue weighted by Crippen LogP contribution is -2.46. The number of rotatable bonds is 8. The van der Waals surface area contributed by atoms with E-state index in [1.165, 1.54) is 22.7 Å². The first-order valence-corrected chi connectivity index (χ1v) is 15.3. The third-order valence-corrected chi connectivity index (χ3v) is 10.9. The number of hydrogen-bond donors (Lipinski definition) is 4. The van der Waals surface area contributed by atoms with Crippen molar-refractivity contribution in [2.24, 2.45) is 5.92 Å². The summed E-state index contributed by atoms with van der Waals surface area (Å²) in [7, 11) is 3.22. The van der Waals surface area contributed by atoms with E-state index in [1.807, 2.05) is 19.1 Å². The van der Waals surface area contributed by atoms with Gasteiger partial charge >= 0.3 is 0 Å². The highest BCUT2D eigenvalue weighted by Crippen LogP contribution is 2.51. The van der Waals surface area contributed by atoms with Gasteiger partial charge in [0.15, 0.2) is 5.82 Å². The lowest BCUT2D eigenvalue weighted by Gasteiger charge is -2.34. The van der Waals surface area contributed by atoms with Gasteiger partial charge in [0.2, 0.25) is 5.91 Å². The van der Waals surface area contributed by atoms with Crippen LogP contribution >= 0.6 is 22.7 Å². The molecular weight excluding hydrogens is 562 g/mol. The molecule has 14 heteroatoms. The Bertz CT molecular complexity index is 1480. The Morgan fingerprint density at radius 3 is 2.29 bits per heavy atom. The minimum absolute atomic E-state index is 0.0703. The van der Waals surface area contributed by atoms with Crippen LogP contribution in [0.3, 0.4) is 0 Å². The number of H-pyrrole nitrogens is 1. The SMILES string of the molecule is CNC(=O)c1cc2c(s1)CCc1sc(C(=O)NC)cc1C2(C[C@H](C)NCC(=O)N1[C@H](C#N)C[C@@H]2C[C@@H]21)c1nn[nH]n1. The van der Waals surface area contributed by atoms with Crippen molar-refractivity contribution in [3.8, 4) is 6.07 Å². The van der Waals surface area contributed by atoms with Crippen molar-refractivity contribution in [3.63, 3.8) is 0 Å². The largest absolute Gasteiger partial charge is 0.354 e. The first kappa shape index (κ1) is 27.5. The molecule has 3 aromatic rings. The van der Waals surface area contributed by atoms with Gasteiger partial charge in [-0.05, 0) is 68.2 Å². The molecule has 3 aliphatic rings. The van der Waals surface area contributed by atoms with E-state index in [2.05, 4.69) is 42.6 Å². The van der Waals surface area contributed by atoms with Crippen LogP contribution in [0.15, 0.2) is 12.1 Å². The van der Waals surface area contributed by atoms with Gasteiger partial charge in [-0.3, -0.25) is 14.4 Å². The topological polar surface area (TPSA) is 169 Å². The van der Waals surface area contributed by atoms with E-state index in [9.17, 15) is 19.6 Å². The van der Waals surface area contributed by atoms with Gasteiger partial charge < -0.3 is 20.9 Å². The Labute approximate surface area is 244 Å². The Morgan fingerprint density at radius 1 is 1.12 bits per heavy atom. The molecule has 0 bridgehead atoms. The van der Waals surface area contributed by atoms with E-state index in [0.717, 1.165) is 33.7 Å². The zero-order chi connectivity index (χ0) is 28.9. The molecule has 0 spiro atoms. The number of nitriles is 1. The summed E-state index contributed by atoms with van der Waals surface area (Å²) in [5, 5.41) is 33.8. The Hall–Kier alpha value is -3.67. The molecule has 2 fully saturated rings. The molecular formula is C27H31N9O3S2. The first-order valence-electron chi connectivity index (χ1n) is 13.7. The summed E-state index contributed by atoms with van der Waals surface area (Å²) in [6.45, 7) is 2.11. The van der Waals surface area contributed by atoms with Crippen LogP contribution in [0.5, 0.6) is 0 Å². The standard InChI is InChI=1S/C27H31N9O3S2/c1-13(31-12-23(37)36-15(11-28)6-14-7-18(14)36)10-27(26-32-34-35-33-26)16-8-21(24(38)29-2)40-19(16)4-5-20-17(27)9-22(41-20)25(39)30-3/h8-9,13-15,18,31H,4-7,10,12H2,1-3H3,(H,29,38)(H,30,39)(H,32,33,34,35)/t13-,14+,15-,18-/m0/s1. The maximum atomic E-state index is 13.2. The predicted molar refractivity (Wildman–Crippen MR) is 152 cm³/mol. The molecule has 4 atom stereocenters. The van der Waals surface area contributed by atoms with Crippen molar-refractivity contribution >= 4 is 40.4 Å². The normalized spacial score (nSPS) is 22.5. The van der Waals surface area contributed by atoms with E-state index in [-0.39, 0.29) is 42.4 Å². The van der Waals surface area contributed by atoms with E-state index in [0.29, 0.717) is 40.8 Å². The third kappa shape index (κ3) is 4.61. The zero-order valence-corrected chi connectivity index (χ0v) is 24.6. The van der Waals surface area contributed by atoms with E-state index < -0.39 is 5.41 Å². The van der Waals surface area contributed by atoms with Crippen LogP contribution in [0.25, 0.3) is 0 Å².